The normalized spacial score (nSPS) is 11.0. The summed E-state index contributed by atoms with van der Waals surface area (Å²) < 4.78 is 0.920. The van der Waals surface area contributed by atoms with Crippen LogP contribution in [-0.2, 0) is 0 Å². The van der Waals surface area contributed by atoms with Crippen LogP contribution in [0.3, 0.4) is 0 Å². The van der Waals surface area contributed by atoms with Gasteiger partial charge in [0, 0.05) is 14.7 Å². The van der Waals surface area contributed by atoms with Gasteiger partial charge in [0.15, 0.2) is 0 Å². The van der Waals surface area contributed by atoms with E-state index in [1.165, 1.54) is 6.07 Å². The highest BCUT2D eigenvalue weighted by Crippen LogP contribution is 2.39. The summed E-state index contributed by atoms with van der Waals surface area (Å²) in [5.41, 5.74) is 3.84. The average Bonchev–Trinajstić information content (AvgIpc) is 2.80. The number of hydrogen-bond donors (Lipinski definition) is 2. The van der Waals surface area contributed by atoms with Gasteiger partial charge in [-0.25, -0.2) is 4.79 Å². The summed E-state index contributed by atoms with van der Waals surface area (Å²) in [6.07, 6.45) is 0. The van der Waals surface area contributed by atoms with Gasteiger partial charge < -0.3 is 10.2 Å². The molecular formula is C25H17IN2O3. The molecule has 0 bridgehead atoms. The SMILES string of the molecule is O=C(O)c1cc(N=Nc2c(I)cccc2-c2ccccc2)cc(-c2ccccc2)c1O. The first-order valence-corrected chi connectivity index (χ1v) is 10.5. The highest BCUT2D eigenvalue weighted by Gasteiger charge is 2.17. The molecule has 4 rings (SSSR count). The predicted molar refractivity (Wildman–Crippen MR) is 129 cm³/mol. The third kappa shape index (κ3) is 4.49. The van der Waals surface area contributed by atoms with Crippen LogP contribution in [0.25, 0.3) is 22.3 Å². The lowest BCUT2D eigenvalue weighted by molar-refractivity contribution is 0.0694. The molecule has 4 aromatic carbocycles. The van der Waals surface area contributed by atoms with E-state index < -0.39 is 5.97 Å². The Kier molecular flexibility index (Phi) is 6.08. The van der Waals surface area contributed by atoms with Gasteiger partial charge in [-0.2, -0.15) is 5.11 Å². The van der Waals surface area contributed by atoms with E-state index in [2.05, 4.69) is 32.8 Å². The predicted octanol–water partition coefficient (Wildman–Crippen LogP) is 7.44. The largest absolute Gasteiger partial charge is 0.506 e. The van der Waals surface area contributed by atoms with Crippen LogP contribution in [0.4, 0.5) is 11.4 Å². The minimum atomic E-state index is -1.23. The molecule has 0 saturated heterocycles. The van der Waals surface area contributed by atoms with Crippen LogP contribution >= 0.6 is 22.6 Å². The smallest absolute Gasteiger partial charge is 0.339 e. The first-order valence-electron chi connectivity index (χ1n) is 9.46. The van der Waals surface area contributed by atoms with Gasteiger partial charge in [0.2, 0.25) is 0 Å². The van der Waals surface area contributed by atoms with Crippen molar-refractivity contribution in [1.82, 2.24) is 0 Å². The molecule has 5 nitrogen and oxygen atoms in total. The Morgan fingerprint density at radius 2 is 1.35 bits per heavy atom. The van der Waals surface area contributed by atoms with E-state index in [4.69, 9.17) is 0 Å². The molecule has 0 spiro atoms. The van der Waals surface area contributed by atoms with Crippen molar-refractivity contribution in [1.29, 1.82) is 0 Å². The number of aromatic carboxylic acids is 1. The molecule has 0 unspecified atom stereocenters. The highest BCUT2D eigenvalue weighted by molar-refractivity contribution is 14.1. The maximum atomic E-state index is 11.7. The summed E-state index contributed by atoms with van der Waals surface area (Å²) in [7, 11) is 0. The van der Waals surface area contributed by atoms with Gasteiger partial charge in [-0.1, -0.05) is 72.8 Å². The molecule has 0 radical (unpaired) electrons. The minimum absolute atomic E-state index is 0.221. The fourth-order valence-electron chi connectivity index (χ4n) is 3.25. The second kappa shape index (κ2) is 9.09. The third-order valence-electron chi connectivity index (χ3n) is 4.75. The lowest BCUT2D eigenvalue weighted by atomic mass is 10.0. The quantitative estimate of drug-likeness (QED) is 0.212. The van der Waals surface area contributed by atoms with Crippen LogP contribution in [0.2, 0.25) is 0 Å². The standard InChI is InChI=1S/C25H17IN2O3/c26-22-13-7-12-19(16-8-3-1-4-9-16)23(22)28-27-18-14-20(17-10-5-2-6-11-17)24(29)21(15-18)25(30)31/h1-15,29H,(H,30,31). The number of aromatic hydroxyl groups is 1. The van der Waals surface area contributed by atoms with Crippen molar-refractivity contribution in [2.45, 2.75) is 0 Å². The van der Waals surface area contributed by atoms with Crippen LogP contribution in [-0.4, -0.2) is 16.2 Å². The fraction of sp³-hybridized carbons (Fsp3) is 0. The van der Waals surface area contributed by atoms with Crippen LogP contribution in [0.15, 0.2) is 101 Å². The van der Waals surface area contributed by atoms with Crippen LogP contribution in [0, 0.1) is 3.57 Å². The summed E-state index contributed by atoms with van der Waals surface area (Å²) in [5, 5.41) is 28.9. The molecule has 152 valence electrons. The molecule has 31 heavy (non-hydrogen) atoms. The summed E-state index contributed by atoms with van der Waals surface area (Å²) in [4.78, 5) is 11.7. The van der Waals surface area contributed by atoms with Crippen LogP contribution < -0.4 is 0 Å². The number of phenols is 1. The van der Waals surface area contributed by atoms with Crippen molar-refractivity contribution < 1.29 is 15.0 Å². The Morgan fingerprint density at radius 1 is 0.742 bits per heavy atom. The highest BCUT2D eigenvalue weighted by atomic mass is 127. The molecule has 0 aliphatic rings. The van der Waals surface area contributed by atoms with Crippen LogP contribution in [0.1, 0.15) is 10.4 Å². The fourth-order valence-corrected chi connectivity index (χ4v) is 3.86. The molecule has 0 aliphatic carbocycles. The second-order valence-electron chi connectivity index (χ2n) is 6.76. The lowest BCUT2D eigenvalue weighted by Crippen LogP contribution is -1.97. The molecule has 0 aliphatic heterocycles. The van der Waals surface area contributed by atoms with E-state index in [-0.39, 0.29) is 11.3 Å². The van der Waals surface area contributed by atoms with Crippen LogP contribution in [0.5, 0.6) is 5.75 Å². The summed E-state index contributed by atoms with van der Waals surface area (Å²) in [6.45, 7) is 0. The first-order chi connectivity index (χ1) is 15.0. The Morgan fingerprint density at radius 3 is 1.97 bits per heavy atom. The molecule has 0 aromatic heterocycles. The van der Waals surface area contributed by atoms with Crippen molar-refractivity contribution in [2.24, 2.45) is 10.2 Å². The number of carbonyl (C=O) groups is 1. The monoisotopic (exact) mass is 520 g/mol. The molecule has 0 fully saturated rings. The van der Waals surface area contributed by atoms with E-state index in [1.807, 2.05) is 66.7 Å². The number of halogens is 1. The van der Waals surface area contributed by atoms with E-state index in [0.29, 0.717) is 22.5 Å². The molecule has 0 heterocycles. The maximum Gasteiger partial charge on any atom is 0.339 e. The number of carboxylic acids is 1. The van der Waals surface area contributed by atoms with Gasteiger partial charge in [-0.15, -0.1) is 5.11 Å². The topological polar surface area (TPSA) is 82.2 Å². The molecule has 2 N–H and O–H groups in total. The number of rotatable bonds is 5. The van der Waals surface area contributed by atoms with Gasteiger partial charge in [0.1, 0.15) is 17.0 Å². The van der Waals surface area contributed by atoms with Gasteiger partial charge >= 0.3 is 5.97 Å². The van der Waals surface area contributed by atoms with E-state index in [9.17, 15) is 15.0 Å². The molecule has 6 heteroatoms. The minimum Gasteiger partial charge on any atom is -0.506 e. The Hall–Kier alpha value is -3.52. The molecule has 0 amide bonds. The van der Waals surface area contributed by atoms with Gasteiger partial charge in [-0.3, -0.25) is 0 Å². The van der Waals surface area contributed by atoms with Crippen molar-refractivity contribution in [3.05, 3.63) is 100 Å². The van der Waals surface area contributed by atoms with Crippen molar-refractivity contribution in [3.63, 3.8) is 0 Å². The Bertz CT molecular complexity index is 1270. The van der Waals surface area contributed by atoms with E-state index >= 15 is 0 Å². The van der Waals surface area contributed by atoms with Gasteiger partial charge in [0.05, 0.1) is 5.69 Å². The second-order valence-corrected chi connectivity index (χ2v) is 7.92. The van der Waals surface area contributed by atoms with Crippen molar-refractivity contribution >= 4 is 39.9 Å². The first kappa shape index (κ1) is 20.7. The lowest BCUT2D eigenvalue weighted by Gasteiger charge is -2.10. The zero-order valence-corrected chi connectivity index (χ0v) is 18.4. The molecular weight excluding hydrogens is 503 g/mol. The summed E-state index contributed by atoms with van der Waals surface area (Å²) in [5.74, 6) is -1.53. The number of benzene rings is 4. The summed E-state index contributed by atoms with van der Waals surface area (Å²) >= 11 is 2.21. The zero-order chi connectivity index (χ0) is 21.8. The van der Waals surface area contributed by atoms with E-state index in [1.54, 1.807) is 18.2 Å². The molecule has 0 saturated carbocycles. The Balaban J connectivity index is 1.82. The van der Waals surface area contributed by atoms with Gasteiger partial charge in [-0.05, 0) is 51.9 Å². The van der Waals surface area contributed by atoms with E-state index in [0.717, 1.165) is 14.7 Å². The zero-order valence-electron chi connectivity index (χ0n) is 16.2. The number of hydrogen-bond acceptors (Lipinski definition) is 4. The average molecular weight is 520 g/mol. The number of carboxylic acid groups (broad SMARTS) is 1. The van der Waals surface area contributed by atoms with Gasteiger partial charge in [0.25, 0.3) is 0 Å². The number of azo groups is 1. The third-order valence-corrected chi connectivity index (χ3v) is 5.62. The maximum absolute atomic E-state index is 11.7. The molecule has 4 aromatic rings. The Labute approximate surface area is 192 Å². The van der Waals surface area contributed by atoms with Crippen molar-refractivity contribution in [3.8, 4) is 28.0 Å². The van der Waals surface area contributed by atoms with Crippen molar-refractivity contribution in [2.75, 3.05) is 0 Å². The number of nitrogens with zero attached hydrogens (tertiary/aromatic N) is 2. The summed E-state index contributed by atoms with van der Waals surface area (Å²) in [6, 6.07) is 27.8. The molecule has 0 atom stereocenters.